The minimum absolute atomic E-state index is 0.148. The molecule has 0 N–H and O–H groups in total. The third kappa shape index (κ3) is 3.93. The number of ether oxygens (including phenoxy) is 3. The third-order valence-electron chi connectivity index (χ3n) is 3.70. The molecule has 0 saturated carbocycles. The summed E-state index contributed by atoms with van der Waals surface area (Å²) in [6.45, 7) is 2.64. The molecule has 5 nitrogen and oxygen atoms in total. The summed E-state index contributed by atoms with van der Waals surface area (Å²) in [6, 6.07) is 12.6. The molecule has 0 aromatic heterocycles. The fourth-order valence-corrected chi connectivity index (χ4v) is 2.37. The van der Waals surface area contributed by atoms with Gasteiger partial charge in [-0.3, -0.25) is 9.59 Å². The number of hydrogen-bond acceptors (Lipinski definition) is 5. The predicted octanol–water partition coefficient (Wildman–Crippen LogP) is 2.73. The molecule has 0 atom stereocenters. The van der Waals surface area contributed by atoms with Crippen molar-refractivity contribution in [3.05, 3.63) is 59.2 Å². The fourth-order valence-electron chi connectivity index (χ4n) is 2.37. The average Bonchev–Trinajstić information content (AvgIpc) is 2.61. The van der Waals surface area contributed by atoms with E-state index in [1.54, 1.807) is 18.2 Å². The molecule has 0 fully saturated rings. The first-order chi connectivity index (χ1) is 11.6. The summed E-state index contributed by atoms with van der Waals surface area (Å²) in [5.41, 5.74) is 2.42. The maximum absolute atomic E-state index is 12.2. The van der Waals surface area contributed by atoms with Crippen molar-refractivity contribution in [2.75, 3.05) is 19.8 Å². The van der Waals surface area contributed by atoms with Gasteiger partial charge in [-0.2, -0.15) is 0 Å². The fraction of sp³-hybridized carbons (Fsp3) is 0.263. The van der Waals surface area contributed by atoms with E-state index >= 15 is 0 Å². The SMILES string of the molecule is Cc1ccc(CC(=O)OCC(=O)c2ccc3c(c2)OCCO3)cc1. The molecule has 0 radical (unpaired) electrons. The predicted molar refractivity (Wildman–Crippen MR) is 87.6 cm³/mol. The van der Waals surface area contributed by atoms with Crippen LogP contribution in [0.25, 0.3) is 0 Å². The van der Waals surface area contributed by atoms with Gasteiger partial charge in [-0.1, -0.05) is 29.8 Å². The van der Waals surface area contributed by atoms with Crippen LogP contribution >= 0.6 is 0 Å². The highest BCUT2D eigenvalue weighted by Crippen LogP contribution is 2.30. The number of benzene rings is 2. The smallest absolute Gasteiger partial charge is 0.310 e. The van der Waals surface area contributed by atoms with Crippen LogP contribution in [0.2, 0.25) is 0 Å². The Morgan fingerprint density at radius 3 is 2.46 bits per heavy atom. The Morgan fingerprint density at radius 2 is 1.71 bits per heavy atom. The normalized spacial score (nSPS) is 12.5. The second kappa shape index (κ2) is 7.17. The number of rotatable bonds is 5. The van der Waals surface area contributed by atoms with Crippen LogP contribution in [-0.2, 0) is 16.0 Å². The molecule has 0 aliphatic carbocycles. The van der Waals surface area contributed by atoms with Crippen molar-refractivity contribution in [1.82, 2.24) is 0 Å². The number of carbonyl (C=O) groups is 2. The lowest BCUT2D eigenvalue weighted by Gasteiger charge is -2.18. The van der Waals surface area contributed by atoms with Crippen molar-refractivity contribution >= 4 is 11.8 Å². The van der Waals surface area contributed by atoms with Gasteiger partial charge in [0.15, 0.2) is 23.9 Å². The molecule has 1 aliphatic rings. The minimum atomic E-state index is -0.426. The number of hydrogen-bond donors (Lipinski definition) is 0. The second-order valence-electron chi connectivity index (χ2n) is 5.60. The van der Waals surface area contributed by atoms with Crippen molar-refractivity contribution < 1.29 is 23.8 Å². The van der Waals surface area contributed by atoms with Crippen LogP contribution in [0.5, 0.6) is 11.5 Å². The van der Waals surface area contributed by atoms with Crippen LogP contribution in [0.3, 0.4) is 0 Å². The zero-order valence-corrected chi connectivity index (χ0v) is 13.4. The molecular weight excluding hydrogens is 308 g/mol. The van der Waals surface area contributed by atoms with E-state index in [0.717, 1.165) is 11.1 Å². The lowest BCUT2D eigenvalue weighted by Crippen LogP contribution is -2.18. The van der Waals surface area contributed by atoms with Gasteiger partial charge in [0.05, 0.1) is 6.42 Å². The van der Waals surface area contributed by atoms with Crippen LogP contribution in [0.15, 0.2) is 42.5 Å². The first kappa shape index (κ1) is 16.1. The number of esters is 1. The standard InChI is InChI=1S/C19H18O5/c1-13-2-4-14(5-3-13)10-19(21)24-12-16(20)15-6-7-17-18(11-15)23-9-8-22-17/h2-7,11H,8-10,12H2,1H3. The highest BCUT2D eigenvalue weighted by Gasteiger charge is 2.16. The van der Waals surface area contributed by atoms with E-state index in [-0.39, 0.29) is 18.8 Å². The van der Waals surface area contributed by atoms with Gasteiger partial charge in [0.2, 0.25) is 0 Å². The van der Waals surface area contributed by atoms with E-state index in [0.29, 0.717) is 30.3 Å². The Morgan fingerprint density at radius 1 is 1.00 bits per heavy atom. The van der Waals surface area contributed by atoms with Gasteiger partial charge in [-0.25, -0.2) is 0 Å². The molecule has 0 spiro atoms. The van der Waals surface area contributed by atoms with Gasteiger partial charge in [0.1, 0.15) is 13.2 Å². The number of Topliss-reactive ketones (excluding diaryl/α,β-unsaturated/α-hetero) is 1. The molecular formula is C19H18O5. The lowest BCUT2D eigenvalue weighted by atomic mass is 10.1. The molecule has 3 rings (SSSR count). The average molecular weight is 326 g/mol. The van der Waals surface area contributed by atoms with Crippen molar-refractivity contribution in [2.24, 2.45) is 0 Å². The van der Waals surface area contributed by atoms with E-state index in [1.165, 1.54) is 0 Å². The van der Waals surface area contributed by atoms with Crippen molar-refractivity contribution in [1.29, 1.82) is 0 Å². The highest BCUT2D eigenvalue weighted by atomic mass is 16.6. The van der Waals surface area contributed by atoms with Gasteiger partial charge in [0, 0.05) is 5.56 Å². The molecule has 0 saturated heterocycles. The Hall–Kier alpha value is -2.82. The van der Waals surface area contributed by atoms with Crippen molar-refractivity contribution in [3.63, 3.8) is 0 Å². The van der Waals surface area contributed by atoms with E-state index in [2.05, 4.69) is 0 Å². The summed E-state index contributed by atoms with van der Waals surface area (Å²) in [7, 11) is 0. The van der Waals surface area contributed by atoms with Crippen LogP contribution in [0.1, 0.15) is 21.5 Å². The van der Waals surface area contributed by atoms with Gasteiger partial charge in [-0.05, 0) is 30.7 Å². The zero-order valence-electron chi connectivity index (χ0n) is 13.4. The zero-order chi connectivity index (χ0) is 16.9. The second-order valence-corrected chi connectivity index (χ2v) is 5.60. The van der Waals surface area contributed by atoms with E-state index < -0.39 is 5.97 Å². The first-order valence-electron chi connectivity index (χ1n) is 7.76. The summed E-state index contributed by atoms with van der Waals surface area (Å²) in [5.74, 6) is 0.459. The topological polar surface area (TPSA) is 61.8 Å². The van der Waals surface area contributed by atoms with Gasteiger partial charge >= 0.3 is 5.97 Å². The van der Waals surface area contributed by atoms with Gasteiger partial charge in [-0.15, -0.1) is 0 Å². The quantitative estimate of drug-likeness (QED) is 0.624. The number of fused-ring (bicyclic) bond motifs is 1. The largest absolute Gasteiger partial charge is 0.486 e. The third-order valence-corrected chi connectivity index (χ3v) is 3.70. The maximum atomic E-state index is 12.2. The molecule has 1 aliphatic heterocycles. The van der Waals surface area contributed by atoms with E-state index in [4.69, 9.17) is 14.2 Å². The highest BCUT2D eigenvalue weighted by molar-refractivity contribution is 5.98. The Bertz CT molecular complexity index is 749. The lowest BCUT2D eigenvalue weighted by molar-refractivity contribution is -0.141. The number of ketones is 1. The molecule has 24 heavy (non-hydrogen) atoms. The van der Waals surface area contributed by atoms with Crippen molar-refractivity contribution in [3.8, 4) is 11.5 Å². The molecule has 2 aromatic carbocycles. The molecule has 124 valence electrons. The molecule has 1 heterocycles. The van der Waals surface area contributed by atoms with Gasteiger partial charge in [0.25, 0.3) is 0 Å². The number of carbonyl (C=O) groups excluding carboxylic acids is 2. The monoisotopic (exact) mass is 326 g/mol. The van der Waals surface area contributed by atoms with Gasteiger partial charge < -0.3 is 14.2 Å². The summed E-state index contributed by atoms with van der Waals surface area (Å²) < 4.78 is 15.9. The summed E-state index contributed by atoms with van der Waals surface area (Å²) in [6.07, 6.45) is 0.148. The number of aryl methyl sites for hydroxylation is 1. The van der Waals surface area contributed by atoms with Crippen LogP contribution in [0.4, 0.5) is 0 Å². The Kier molecular flexibility index (Phi) is 4.79. The maximum Gasteiger partial charge on any atom is 0.310 e. The van der Waals surface area contributed by atoms with Crippen LogP contribution < -0.4 is 9.47 Å². The van der Waals surface area contributed by atoms with Crippen LogP contribution in [0, 0.1) is 6.92 Å². The molecule has 0 unspecified atom stereocenters. The molecule has 0 bridgehead atoms. The summed E-state index contributed by atoms with van der Waals surface area (Å²) in [4.78, 5) is 24.0. The summed E-state index contributed by atoms with van der Waals surface area (Å²) >= 11 is 0. The van der Waals surface area contributed by atoms with E-state index in [1.807, 2.05) is 31.2 Å². The molecule has 5 heteroatoms. The van der Waals surface area contributed by atoms with Crippen molar-refractivity contribution in [2.45, 2.75) is 13.3 Å². The molecule has 0 amide bonds. The first-order valence-corrected chi connectivity index (χ1v) is 7.76. The van der Waals surface area contributed by atoms with Crippen LogP contribution in [-0.4, -0.2) is 31.6 Å². The minimum Gasteiger partial charge on any atom is -0.486 e. The summed E-state index contributed by atoms with van der Waals surface area (Å²) in [5, 5.41) is 0. The Balaban J connectivity index is 1.55. The van der Waals surface area contributed by atoms with E-state index in [9.17, 15) is 9.59 Å². The molecule has 2 aromatic rings. The Labute approximate surface area is 140 Å².